The number of β-amino-alcohol motifs (C(OH)–C–C–N with tert-alkyl or cyclic N) is 1. The van der Waals surface area contributed by atoms with Crippen LogP contribution < -0.4 is 4.90 Å². The van der Waals surface area contributed by atoms with E-state index in [0.717, 1.165) is 6.42 Å². The van der Waals surface area contributed by atoms with Crippen LogP contribution in [-0.4, -0.2) is 54.1 Å². The van der Waals surface area contributed by atoms with Crippen molar-refractivity contribution in [1.82, 2.24) is 4.90 Å². The van der Waals surface area contributed by atoms with Gasteiger partial charge in [0.05, 0.1) is 11.0 Å². The number of aliphatic hydroxyl groups excluding tert-OH is 1. The SMILES string of the molecule is CN(C)C(=O)c1ccc([N+](=O)[O-])c(N2CCC[C@H](O)C2)c1. The zero-order valence-corrected chi connectivity index (χ0v) is 12.2. The molecule has 1 aromatic rings. The van der Waals surface area contributed by atoms with Crippen LogP contribution in [0.25, 0.3) is 0 Å². The van der Waals surface area contributed by atoms with Crippen LogP contribution in [0.1, 0.15) is 23.2 Å². The van der Waals surface area contributed by atoms with Gasteiger partial charge in [-0.25, -0.2) is 0 Å². The van der Waals surface area contributed by atoms with E-state index in [9.17, 15) is 20.0 Å². The number of rotatable bonds is 3. The maximum atomic E-state index is 12.0. The van der Waals surface area contributed by atoms with Gasteiger partial charge in [-0.3, -0.25) is 14.9 Å². The Morgan fingerprint density at radius 1 is 1.48 bits per heavy atom. The highest BCUT2D eigenvalue weighted by atomic mass is 16.6. The van der Waals surface area contributed by atoms with Crippen molar-refractivity contribution >= 4 is 17.3 Å². The molecule has 2 rings (SSSR count). The topological polar surface area (TPSA) is 86.9 Å². The molecule has 1 aliphatic heterocycles. The van der Waals surface area contributed by atoms with E-state index in [1.165, 1.54) is 17.0 Å². The van der Waals surface area contributed by atoms with Gasteiger partial charge in [-0.15, -0.1) is 0 Å². The molecule has 0 unspecified atom stereocenters. The molecule has 1 aliphatic rings. The summed E-state index contributed by atoms with van der Waals surface area (Å²) < 4.78 is 0. The van der Waals surface area contributed by atoms with Crippen LogP contribution in [0.5, 0.6) is 0 Å². The Morgan fingerprint density at radius 3 is 2.76 bits per heavy atom. The lowest BCUT2D eigenvalue weighted by Crippen LogP contribution is -2.38. The Bertz CT molecular complexity index is 559. The Hall–Kier alpha value is -2.15. The first-order chi connectivity index (χ1) is 9.90. The summed E-state index contributed by atoms with van der Waals surface area (Å²) >= 11 is 0. The smallest absolute Gasteiger partial charge is 0.292 e. The minimum absolute atomic E-state index is 0.0422. The number of aliphatic hydroxyl groups is 1. The van der Waals surface area contributed by atoms with Crippen molar-refractivity contribution in [2.24, 2.45) is 0 Å². The number of hydrogen-bond donors (Lipinski definition) is 1. The molecule has 1 N–H and O–H groups in total. The Balaban J connectivity index is 2.42. The predicted octanol–water partition coefficient (Wildman–Crippen LogP) is 1.26. The highest BCUT2D eigenvalue weighted by Crippen LogP contribution is 2.31. The second kappa shape index (κ2) is 6.09. The fourth-order valence-electron chi connectivity index (χ4n) is 2.50. The first-order valence-electron chi connectivity index (χ1n) is 6.83. The third kappa shape index (κ3) is 3.30. The standard InChI is InChI=1S/C14H19N3O4/c1-15(2)14(19)10-5-6-12(17(20)21)13(8-10)16-7-3-4-11(18)9-16/h5-6,8,11,18H,3-4,7,9H2,1-2H3/t11-/m0/s1. The fourth-order valence-corrected chi connectivity index (χ4v) is 2.50. The quantitative estimate of drug-likeness (QED) is 0.669. The van der Waals surface area contributed by atoms with Crippen molar-refractivity contribution in [1.29, 1.82) is 0 Å². The molecule has 0 aromatic heterocycles. The van der Waals surface area contributed by atoms with E-state index in [1.807, 2.05) is 0 Å². The van der Waals surface area contributed by atoms with Crippen molar-refractivity contribution in [3.8, 4) is 0 Å². The van der Waals surface area contributed by atoms with Crippen LogP contribution in [0, 0.1) is 10.1 Å². The number of hydrogen-bond acceptors (Lipinski definition) is 5. The molecule has 0 spiro atoms. The molecule has 0 radical (unpaired) electrons. The van der Waals surface area contributed by atoms with Crippen molar-refractivity contribution < 1.29 is 14.8 Å². The van der Waals surface area contributed by atoms with Gasteiger partial charge in [-0.05, 0) is 25.0 Å². The lowest BCUT2D eigenvalue weighted by molar-refractivity contribution is -0.384. The molecule has 7 heteroatoms. The Morgan fingerprint density at radius 2 is 2.19 bits per heavy atom. The monoisotopic (exact) mass is 293 g/mol. The van der Waals surface area contributed by atoms with Gasteiger partial charge in [-0.2, -0.15) is 0 Å². The van der Waals surface area contributed by atoms with Gasteiger partial charge in [0.2, 0.25) is 0 Å². The number of carbonyl (C=O) groups excluding carboxylic acids is 1. The van der Waals surface area contributed by atoms with Gasteiger partial charge < -0.3 is 14.9 Å². The molecule has 1 saturated heterocycles. The van der Waals surface area contributed by atoms with E-state index < -0.39 is 11.0 Å². The average Bonchev–Trinajstić information content (AvgIpc) is 2.45. The third-order valence-corrected chi connectivity index (χ3v) is 3.56. The summed E-state index contributed by atoms with van der Waals surface area (Å²) in [6, 6.07) is 4.36. The lowest BCUT2D eigenvalue weighted by Gasteiger charge is -2.31. The summed E-state index contributed by atoms with van der Waals surface area (Å²) in [5, 5.41) is 20.9. The number of anilines is 1. The van der Waals surface area contributed by atoms with Crippen LogP contribution >= 0.6 is 0 Å². The Kier molecular flexibility index (Phi) is 4.42. The van der Waals surface area contributed by atoms with Crippen molar-refractivity contribution in [2.45, 2.75) is 18.9 Å². The van der Waals surface area contributed by atoms with E-state index in [-0.39, 0.29) is 11.6 Å². The first kappa shape index (κ1) is 15.2. The minimum Gasteiger partial charge on any atom is -0.391 e. The summed E-state index contributed by atoms with van der Waals surface area (Å²) in [7, 11) is 3.27. The number of nitro benzene ring substituents is 1. The van der Waals surface area contributed by atoms with Gasteiger partial charge in [0, 0.05) is 38.8 Å². The molecule has 1 amide bonds. The number of nitrogens with zero attached hydrogens (tertiary/aromatic N) is 3. The zero-order valence-electron chi connectivity index (χ0n) is 12.2. The highest BCUT2D eigenvalue weighted by Gasteiger charge is 2.26. The molecular weight excluding hydrogens is 274 g/mol. The molecule has 0 saturated carbocycles. The van der Waals surface area contributed by atoms with Crippen molar-refractivity contribution in [3.63, 3.8) is 0 Å². The number of carbonyl (C=O) groups is 1. The van der Waals surface area contributed by atoms with E-state index in [0.29, 0.717) is 30.8 Å². The molecule has 0 bridgehead atoms. The minimum atomic E-state index is -0.494. The zero-order chi connectivity index (χ0) is 15.6. The normalized spacial score (nSPS) is 18.4. The number of amides is 1. The maximum absolute atomic E-state index is 12.0. The summed E-state index contributed by atoms with van der Waals surface area (Å²) in [5.41, 5.74) is 0.756. The highest BCUT2D eigenvalue weighted by molar-refractivity contribution is 5.95. The molecule has 1 fully saturated rings. The molecule has 1 aromatic carbocycles. The van der Waals surface area contributed by atoms with Crippen LogP contribution in [0.4, 0.5) is 11.4 Å². The van der Waals surface area contributed by atoms with Gasteiger partial charge in [0.15, 0.2) is 0 Å². The lowest BCUT2D eigenvalue weighted by atomic mass is 10.1. The molecule has 1 atom stereocenters. The summed E-state index contributed by atoms with van der Waals surface area (Å²) in [5.74, 6) is -0.205. The molecule has 114 valence electrons. The number of piperidine rings is 1. The predicted molar refractivity (Wildman–Crippen MR) is 78.6 cm³/mol. The summed E-state index contributed by atoms with van der Waals surface area (Å²) in [6.07, 6.45) is 0.969. The average molecular weight is 293 g/mol. The van der Waals surface area contributed by atoms with Crippen LogP contribution in [0.2, 0.25) is 0 Å². The molecule has 0 aliphatic carbocycles. The fraction of sp³-hybridized carbons (Fsp3) is 0.500. The second-order valence-corrected chi connectivity index (χ2v) is 5.40. The van der Waals surface area contributed by atoms with Gasteiger partial charge in [0.1, 0.15) is 5.69 Å². The largest absolute Gasteiger partial charge is 0.391 e. The van der Waals surface area contributed by atoms with E-state index in [4.69, 9.17) is 0 Å². The van der Waals surface area contributed by atoms with Crippen molar-refractivity contribution in [3.05, 3.63) is 33.9 Å². The van der Waals surface area contributed by atoms with Gasteiger partial charge in [-0.1, -0.05) is 0 Å². The second-order valence-electron chi connectivity index (χ2n) is 5.40. The molecule has 21 heavy (non-hydrogen) atoms. The van der Waals surface area contributed by atoms with Crippen LogP contribution in [-0.2, 0) is 0 Å². The number of benzene rings is 1. The third-order valence-electron chi connectivity index (χ3n) is 3.56. The summed E-state index contributed by atoms with van der Waals surface area (Å²) in [6.45, 7) is 0.984. The van der Waals surface area contributed by atoms with Gasteiger partial charge >= 0.3 is 0 Å². The summed E-state index contributed by atoms with van der Waals surface area (Å²) in [4.78, 5) is 25.9. The van der Waals surface area contributed by atoms with Crippen LogP contribution in [0.15, 0.2) is 18.2 Å². The Labute approximate surface area is 122 Å². The maximum Gasteiger partial charge on any atom is 0.292 e. The van der Waals surface area contributed by atoms with Crippen LogP contribution in [0.3, 0.4) is 0 Å². The van der Waals surface area contributed by atoms with Gasteiger partial charge in [0.25, 0.3) is 11.6 Å². The van der Waals surface area contributed by atoms with E-state index in [1.54, 1.807) is 25.1 Å². The number of nitro groups is 1. The van der Waals surface area contributed by atoms with Crippen molar-refractivity contribution in [2.75, 3.05) is 32.1 Å². The van der Waals surface area contributed by atoms with E-state index >= 15 is 0 Å². The molecular formula is C14H19N3O4. The molecule has 7 nitrogen and oxygen atoms in total. The first-order valence-corrected chi connectivity index (χ1v) is 6.83. The molecule has 1 heterocycles. The van der Waals surface area contributed by atoms with E-state index in [2.05, 4.69) is 0 Å².